The molecule has 0 aliphatic rings. The maximum Gasteiger partial charge on any atom is 0.437 e. The van der Waals surface area contributed by atoms with Gasteiger partial charge in [0.2, 0.25) is 0 Å². The highest BCUT2D eigenvalue weighted by Crippen LogP contribution is 2.42. The molecule has 2 aromatic rings. The number of carbonyl (C=O) groups is 1. The van der Waals surface area contributed by atoms with Crippen molar-refractivity contribution in [3.63, 3.8) is 0 Å². The highest BCUT2D eigenvalue weighted by Gasteiger charge is 2.39. The molecule has 0 bridgehead atoms. The summed E-state index contributed by atoms with van der Waals surface area (Å²) in [6, 6.07) is 1.03. The van der Waals surface area contributed by atoms with Crippen molar-refractivity contribution in [2.24, 2.45) is 0 Å². The first-order chi connectivity index (χ1) is 11.0. The third-order valence-corrected chi connectivity index (χ3v) is 3.69. The summed E-state index contributed by atoms with van der Waals surface area (Å²) in [5.41, 5.74) is -2.64. The maximum absolute atomic E-state index is 13.0. The van der Waals surface area contributed by atoms with Crippen molar-refractivity contribution in [1.82, 2.24) is 5.16 Å². The lowest BCUT2D eigenvalue weighted by atomic mass is 10.0. The summed E-state index contributed by atoms with van der Waals surface area (Å²) in [7, 11) is 0. The fourth-order valence-corrected chi connectivity index (χ4v) is 2.44. The Kier molecular flexibility index (Phi) is 4.72. The molecule has 0 atom stereocenters. The number of carboxylic acid groups (broad SMARTS) is 1. The van der Waals surface area contributed by atoms with Crippen LogP contribution in [0.1, 0.15) is 38.4 Å². The SMILES string of the molecule is CCCc1c(OC(C)(C)C(=O)O)c(Cl)cc2c(C(F)(F)F)noc12. The minimum Gasteiger partial charge on any atom is -0.478 e. The largest absolute Gasteiger partial charge is 0.478 e. The Hall–Kier alpha value is -1.96. The third kappa shape index (κ3) is 3.28. The molecule has 2 rings (SSSR count). The number of fused-ring (bicyclic) bond motifs is 1. The van der Waals surface area contributed by atoms with Gasteiger partial charge in [-0.1, -0.05) is 30.1 Å². The van der Waals surface area contributed by atoms with Gasteiger partial charge in [-0.25, -0.2) is 4.79 Å². The van der Waals surface area contributed by atoms with Crippen molar-refractivity contribution in [3.05, 3.63) is 22.3 Å². The molecule has 0 spiro atoms. The number of aryl methyl sites for hydroxylation is 1. The highest BCUT2D eigenvalue weighted by molar-refractivity contribution is 6.33. The molecule has 24 heavy (non-hydrogen) atoms. The number of ether oxygens (including phenoxy) is 1. The van der Waals surface area contributed by atoms with E-state index < -0.39 is 23.4 Å². The van der Waals surface area contributed by atoms with E-state index in [0.29, 0.717) is 6.42 Å². The van der Waals surface area contributed by atoms with Gasteiger partial charge in [-0.2, -0.15) is 13.2 Å². The Balaban J connectivity index is 2.71. The van der Waals surface area contributed by atoms with Crippen molar-refractivity contribution in [1.29, 1.82) is 0 Å². The van der Waals surface area contributed by atoms with E-state index in [1.54, 1.807) is 6.92 Å². The summed E-state index contributed by atoms with van der Waals surface area (Å²) in [6.07, 6.45) is -3.85. The number of nitrogens with zero attached hydrogens (tertiary/aromatic N) is 1. The molecule has 132 valence electrons. The number of hydrogen-bond donors (Lipinski definition) is 1. The Morgan fingerprint density at radius 1 is 1.42 bits per heavy atom. The Labute approximate surface area is 140 Å². The second-order valence-corrected chi connectivity index (χ2v) is 6.15. The standard InChI is InChI=1S/C15H15ClF3NO4/c1-4-5-7-10-8(12(20-24-10)15(17,18)19)6-9(16)11(7)23-14(2,3)13(21)22/h6H,4-5H2,1-3H3,(H,21,22). The first kappa shape index (κ1) is 18.4. The van der Waals surface area contributed by atoms with Crippen molar-refractivity contribution < 1.29 is 32.3 Å². The van der Waals surface area contributed by atoms with E-state index in [1.165, 1.54) is 13.8 Å². The summed E-state index contributed by atoms with van der Waals surface area (Å²) < 4.78 is 49.4. The number of benzene rings is 1. The van der Waals surface area contributed by atoms with E-state index in [4.69, 9.17) is 20.9 Å². The number of alkyl halides is 3. The van der Waals surface area contributed by atoms with E-state index in [0.717, 1.165) is 6.07 Å². The van der Waals surface area contributed by atoms with E-state index in [9.17, 15) is 23.1 Å². The molecule has 0 fully saturated rings. The molecule has 0 aliphatic carbocycles. The monoisotopic (exact) mass is 365 g/mol. The molecule has 0 saturated carbocycles. The Morgan fingerprint density at radius 2 is 2.04 bits per heavy atom. The van der Waals surface area contributed by atoms with Crippen LogP contribution in [0.25, 0.3) is 11.0 Å². The van der Waals surface area contributed by atoms with Crippen molar-refractivity contribution in [2.45, 2.75) is 45.4 Å². The van der Waals surface area contributed by atoms with Crippen LogP contribution in [0.3, 0.4) is 0 Å². The number of rotatable bonds is 5. The van der Waals surface area contributed by atoms with Crippen LogP contribution in [0.4, 0.5) is 13.2 Å². The fraction of sp³-hybridized carbons (Fsp3) is 0.467. The van der Waals surface area contributed by atoms with E-state index in [2.05, 4.69) is 5.16 Å². The average molecular weight is 366 g/mol. The summed E-state index contributed by atoms with van der Waals surface area (Å²) in [5.74, 6) is -1.25. The fourth-order valence-electron chi connectivity index (χ4n) is 2.18. The van der Waals surface area contributed by atoms with Crippen molar-refractivity contribution in [3.8, 4) is 5.75 Å². The summed E-state index contributed by atoms with van der Waals surface area (Å²) >= 11 is 6.08. The lowest BCUT2D eigenvalue weighted by molar-refractivity contribution is -0.152. The quantitative estimate of drug-likeness (QED) is 0.831. The van der Waals surface area contributed by atoms with Gasteiger partial charge in [0, 0.05) is 5.56 Å². The first-order valence-corrected chi connectivity index (χ1v) is 7.47. The van der Waals surface area contributed by atoms with Gasteiger partial charge < -0.3 is 14.4 Å². The van der Waals surface area contributed by atoms with E-state index in [1.807, 2.05) is 0 Å². The van der Waals surface area contributed by atoms with Crippen molar-refractivity contribution in [2.75, 3.05) is 0 Å². The average Bonchev–Trinajstić information content (AvgIpc) is 2.85. The molecular weight excluding hydrogens is 351 g/mol. The van der Waals surface area contributed by atoms with Gasteiger partial charge in [0.1, 0.15) is 5.75 Å². The lowest BCUT2D eigenvalue weighted by Crippen LogP contribution is -2.38. The number of aliphatic carboxylic acids is 1. The van der Waals surface area contributed by atoms with Crippen LogP contribution in [-0.2, 0) is 17.4 Å². The zero-order valence-electron chi connectivity index (χ0n) is 13.1. The van der Waals surface area contributed by atoms with Gasteiger partial charge in [0.25, 0.3) is 0 Å². The molecule has 1 N–H and O–H groups in total. The zero-order chi connectivity index (χ0) is 18.3. The molecule has 0 amide bonds. The minimum absolute atomic E-state index is 0.0108. The molecule has 0 aliphatic heterocycles. The summed E-state index contributed by atoms with van der Waals surface area (Å²) in [6.45, 7) is 4.43. The Bertz CT molecular complexity index is 783. The minimum atomic E-state index is -4.69. The molecule has 1 heterocycles. The highest BCUT2D eigenvalue weighted by atomic mass is 35.5. The normalized spacial score (nSPS) is 12.6. The van der Waals surface area contributed by atoms with Gasteiger partial charge in [0.05, 0.1) is 10.4 Å². The molecular formula is C15H15ClF3NO4. The van der Waals surface area contributed by atoms with Crippen molar-refractivity contribution >= 4 is 28.5 Å². The number of aromatic nitrogens is 1. The van der Waals surface area contributed by atoms with Gasteiger partial charge in [-0.05, 0) is 26.3 Å². The molecule has 1 aromatic carbocycles. The van der Waals surface area contributed by atoms with Crippen LogP contribution in [0.5, 0.6) is 5.75 Å². The van der Waals surface area contributed by atoms with Gasteiger partial charge in [-0.15, -0.1) is 0 Å². The second kappa shape index (κ2) is 6.16. The molecule has 0 radical (unpaired) electrons. The third-order valence-electron chi connectivity index (χ3n) is 3.40. The number of halogens is 4. The zero-order valence-corrected chi connectivity index (χ0v) is 13.9. The predicted octanol–water partition coefficient (Wildman–Crippen LogP) is 4.69. The number of hydrogen-bond acceptors (Lipinski definition) is 4. The van der Waals surface area contributed by atoms with Crippen LogP contribution >= 0.6 is 11.6 Å². The van der Waals surface area contributed by atoms with Crippen LogP contribution < -0.4 is 4.74 Å². The first-order valence-electron chi connectivity index (χ1n) is 7.09. The summed E-state index contributed by atoms with van der Waals surface area (Å²) in [4.78, 5) is 11.3. The molecule has 0 unspecified atom stereocenters. The lowest BCUT2D eigenvalue weighted by Gasteiger charge is -2.24. The van der Waals surface area contributed by atoms with Crippen LogP contribution in [0.2, 0.25) is 5.02 Å². The van der Waals surface area contributed by atoms with Crippen LogP contribution in [0.15, 0.2) is 10.6 Å². The molecule has 9 heteroatoms. The smallest absolute Gasteiger partial charge is 0.437 e. The van der Waals surface area contributed by atoms with Gasteiger partial charge in [0.15, 0.2) is 16.9 Å². The Morgan fingerprint density at radius 3 is 2.54 bits per heavy atom. The van der Waals surface area contributed by atoms with Crippen LogP contribution in [0, 0.1) is 0 Å². The second-order valence-electron chi connectivity index (χ2n) is 5.74. The van der Waals surface area contributed by atoms with Gasteiger partial charge >= 0.3 is 12.1 Å². The van der Waals surface area contributed by atoms with E-state index in [-0.39, 0.29) is 33.7 Å². The van der Waals surface area contributed by atoms with Crippen LogP contribution in [-0.4, -0.2) is 21.8 Å². The topological polar surface area (TPSA) is 72.6 Å². The van der Waals surface area contributed by atoms with E-state index >= 15 is 0 Å². The summed E-state index contributed by atoms with van der Waals surface area (Å²) in [5, 5.41) is 11.9. The van der Waals surface area contributed by atoms with Gasteiger partial charge in [-0.3, -0.25) is 0 Å². The molecule has 1 aromatic heterocycles. The number of carboxylic acids is 1. The molecule has 0 saturated heterocycles. The maximum atomic E-state index is 13.0. The predicted molar refractivity (Wildman–Crippen MR) is 80.4 cm³/mol. The molecule has 5 nitrogen and oxygen atoms in total.